The van der Waals surface area contributed by atoms with Crippen LogP contribution in [-0.4, -0.2) is 297 Å². The van der Waals surface area contributed by atoms with Crippen LogP contribution in [0.15, 0.2) is 128 Å². The first kappa shape index (κ1) is 106. The number of ether oxygens (including phenoxy) is 1. The predicted molar refractivity (Wildman–Crippen MR) is 491 cm³/mol. The Bertz CT molecular complexity index is 5260. The highest BCUT2D eigenvalue weighted by Gasteiger charge is 2.48. The van der Waals surface area contributed by atoms with E-state index in [0.717, 1.165) is 24.5 Å². The Balaban J connectivity index is 1.14. The number of halogens is 3. The fourth-order valence-corrected chi connectivity index (χ4v) is 17.2. The minimum absolute atomic E-state index is 0.00926. The van der Waals surface area contributed by atoms with E-state index < -0.39 is 278 Å². The molecule has 3 saturated heterocycles. The van der Waals surface area contributed by atoms with Gasteiger partial charge in [-0.2, -0.15) is 0 Å². The van der Waals surface area contributed by atoms with Crippen molar-refractivity contribution in [1.29, 1.82) is 0 Å². The molecule has 9 rings (SSSR count). The van der Waals surface area contributed by atoms with Crippen molar-refractivity contribution in [1.82, 2.24) is 77.3 Å². The first-order valence-corrected chi connectivity index (χ1v) is 45.9. The molecule has 1 aromatic heterocycles. The van der Waals surface area contributed by atoms with Crippen molar-refractivity contribution in [3.63, 3.8) is 0 Å². The number of thioether (sulfide) groups is 1. The molecule has 17 amide bonds. The van der Waals surface area contributed by atoms with Crippen molar-refractivity contribution < 1.29 is 110 Å². The smallest absolute Gasteiger partial charge is 0.246 e. The second-order valence-corrected chi connectivity index (χ2v) is 35.3. The number of aliphatic hydroxyl groups excluding tert-OH is 1. The number of phenolic OH excluding ortho intramolecular Hbond substituents is 1. The van der Waals surface area contributed by atoms with Crippen molar-refractivity contribution in [2.75, 3.05) is 72.0 Å². The summed E-state index contributed by atoms with van der Waals surface area (Å²) in [5, 5.41) is 45.7. The predicted octanol–water partition coefficient (Wildman–Crippen LogP) is -1.18. The number of hydrogen-bond acceptors (Lipinski definition) is 22. The average Bonchev–Trinajstić information content (AvgIpc) is 1.56. The minimum atomic E-state index is -1.93. The Labute approximate surface area is 787 Å². The van der Waals surface area contributed by atoms with E-state index in [9.17, 15) is 53.0 Å². The standard InChI is InChI=1S/C93H120F3N19O20S/c1-7-8-25-70-92(133)115-47-58(117)43-73(115)87(128)108-67(44-76(99)119)85(126)110-80(51(2)3)93(134)113(6)72(41-53-20-13-10-14-21-53)86(127)105-64(31-33-75(98)118)90(131)114-35-36-135-48-74(114)88(129)107-66(42-56-45-101-62-23-16-15-22-59(56)62)84(125)106-65(39-54-26-29-57(116)30-27-54)83(124)104-63(24-17-34-97)82(123)109-69(81(122)102-46-77(100)120)49-136-50-78(121)103-68(40-55-37-60(94)79(96)61(95)38-55)89(130)111(4)71(91(132)112(70)5)32-28-52-18-11-9-12-19-52/h9-16,18-23,26-27,29-30,37-38,45,51,58,63-74,80,101,116-117H,7-8,17,24-25,28,31-36,39-44,46-50,97H2,1-6H3,(H2,98,118)(H2,99,119)(H2,100,120)(H,102,122)(H,103,121)(H,104,124)(H,105,127)(H,106,125)(H,107,129)(H,108,128)(H,109,123)(H,110,126)/t58-,63-,64-,65-,66-,67-,68-,69-,70-,71-,72?,73+,74+,80-/m0/s1. The topological polar surface area (TPSA) is 584 Å². The molecule has 0 spiro atoms. The van der Waals surface area contributed by atoms with Crippen molar-refractivity contribution in [3.8, 4) is 5.75 Å². The van der Waals surface area contributed by atoms with Gasteiger partial charge in [0.1, 0.15) is 84.3 Å². The zero-order valence-corrected chi connectivity index (χ0v) is 77.2. The number of phenols is 1. The molecule has 43 heteroatoms. The van der Waals surface area contributed by atoms with E-state index in [1.165, 1.54) is 59.3 Å². The fourth-order valence-electron chi connectivity index (χ4n) is 16.4. The molecule has 1 unspecified atom stereocenters. The van der Waals surface area contributed by atoms with Gasteiger partial charge in [0.05, 0.1) is 38.0 Å². The molecule has 0 aliphatic carbocycles. The summed E-state index contributed by atoms with van der Waals surface area (Å²) in [7, 11) is 3.66. The number of nitrogens with zero attached hydrogens (tertiary/aromatic N) is 5. The Kier molecular flexibility index (Phi) is 39.6. The summed E-state index contributed by atoms with van der Waals surface area (Å²) in [5.74, 6) is -25.2. The van der Waals surface area contributed by atoms with Gasteiger partial charge in [0, 0.05) is 95.6 Å². The van der Waals surface area contributed by atoms with Crippen LogP contribution in [-0.2, 0) is 118 Å². The lowest BCUT2D eigenvalue weighted by Gasteiger charge is -2.38. The number of aromatic hydroxyl groups is 1. The Morgan fingerprint density at radius 1 is 0.537 bits per heavy atom. The summed E-state index contributed by atoms with van der Waals surface area (Å²) >= 11 is 0.643. The number of nitrogens with one attached hydrogen (secondary N) is 10. The van der Waals surface area contributed by atoms with Gasteiger partial charge in [-0.15, -0.1) is 11.8 Å². The molecular weight excluding hydrogens is 1790 g/mol. The average molecular weight is 1910 g/mol. The lowest BCUT2D eigenvalue weighted by Crippen LogP contribution is -2.64. The van der Waals surface area contributed by atoms with Crippen LogP contribution < -0.4 is 70.8 Å². The number of benzene rings is 5. The normalized spacial score (nSPS) is 23.9. The number of nitrogens with two attached hydrogens (primary N) is 4. The molecule has 6 aromatic rings. The molecule has 734 valence electrons. The molecule has 136 heavy (non-hydrogen) atoms. The third-order valence-electron chi connectivity index (χ3n) is 23.9. The highest BCUT2D eigenvalue weighted by molar-refractivity contribution is 8.00. The van der Waals surface area contributed by atoms with Gasteiger partial charge >= 0.3 is 0 Å². The highest BCUT2D eigenvalue weighted by Crippen LogP contribution is 2.28. The number of primary amides is 3. The summed E-state index contributed by atoms with van der Waals surface area (Å²) in [5.41, 5.74) is 25.0. The third kappa shape index (κ3) is 29.7. The van der Waals surface area contributed by atoms with E-state index in [-0.39, 0.29) is 82.4 Å². The number of likely N-dealkylation sites (N-methyl/N-ethyl adjacent to an activating group) is 3. The monoisotopic (exact) mass is 1910 g/mol. The molecule has 39 nitrogen and oxygen atoms in total. The SMILES string of the molecule is CCCC[C@H]1C(=O)N2C[C@@H](O)C[C@@H]2C(=O)N[C@@H](CC(N)=O)C(=O)N[C@@H](C(C)C)C(=O)N(C)C(Cc2ccccc2)C(=O)N[C@@H](CCC(N)=O)C(=O)N2CCOC[C@@H]2C(=O)N[C@@H](Cc2c[nH]c3ccccc23)C(=O)N[C@@H](Cc2ccc(O)cc2)C(=O)N[C@@H](CCCN)C(=O)N[C@H](C(=O)NCC(N)=O)CSCC(=O)N[C@@H](Cc2cc(F)c(F)c(F)c2)C(=O)N(C)[C@@H](CCc2ccccc2)C(=O)N1C. The zero-order chi connectivity index (χ0) is 99.3. The van der Waals surface area contributed by atoms with E-state index in [4.69, 9.17) is 27.7 Å². The summed E-state index contributed by atoms with van der Waals surface area (Å²) in [4.78, 5) is 259. The number of rotatable bonds is 26. The number of carbonyl (C=O) groups excluding carboxylic acids is 17. The number of aryl methyl sites for hydroxylation is 1. The van der Waals surface area contributed by atoms with Gasteiger partial charge in [-0.1, -0.05) is 125 Å². The van der Waals surface area contributed by atoms with E-state index >= 15 is 51.9 Å². The highest BCUT2D eigenvalue weighted by atomic mass is 32.2. The van der Waals surface area contributed by atoms with Crippen LogP contribution in [0, 0.1) is 23.4 Å². The Morgan fingerprint density at radius 2 is 1.10 bits per heavy atom. The van der Waals surface area contributed by atoms with Crippen LogP contribution in [0.5, 0.6) is 5.75 Å². The first-order valence-electron chi connectivity index (χ1n) is 44.8. The van der Waals surface area contributed by atoms with E-state index in [1.807, 2.05) is 0 Å². The molecule has 3 aliphatic rings. The molecule has 3 fully saturated rings. The summed E-state index contributed by atoms with van der Waals surface area (Å²) < 4.78 is 51.0. The summed E-state index contributed by atoms with van der Waals surface area (Å²) in [6.07, 6.45) is -4.05. The molecule has 0 saturated carbocycles. The number of amides is 17. The molecule has 0 radical (unpaired) electrons. The number of H-pyrrole nitrogens is 1. The van der Waals surface area contributed by atoms with Gasteiger partial charge in [-0.05, 0) is 109 Å². The number of aliphatic hydroxyl groups is 1. The van der Waals surface area contributed by atoms with Crippen LogP contribution in [0.4, 0.5) is 13.2 Å². The molecule has 20 N–H and O–H groups in total. The van der Waals surface area contributed by atoms with Gasteiger partial charge in [-0.3, -0.25) is 81.5 Å². The van der Waals surface area contributed by atoms with Gasteiger partial charge < -0.3 is 115 Å². The van der Waals surface area contributed by atoms with Crippen molar-refractivity contribution in [2.45, 2.75) is 202 Å². The van der Waals surface area contributed by atoms with E-state index in [2.05, 4.69) is 52.8 Å². The number of aromatic nitrogens is 1. The van der Waals surface area contributed by atoms with Crippen LogP contribution in [0.25, 0.3) is 10.9 Å². The van der Waals surface area contributed by atoms with Gasteiger partial charge in [-0.25, -0.2) is 13.2 Å². The van der Waals surface area contributed by atoms with Crippen molar-refractivity contribution in [2.24, 2.45) is 28.9 Å². The second-order valence-electron chi connectivity index (χ2n) is 34.3. The second kappa shape index (κ2) is 50.7. The number of hydrogen-bond donors (Lipinski definition) is 16. The minimum Gasteiger partial charge on any atom is -0.508 e. The van der Waals surface area contributed by atoms with Crippen LogP contribution in [0.1, 0.15) is 113 Å². The third-order valence-corrected chi connectivity index (χ3v) is 24.9. The lowest BCUT2D eigenvalue weighted by molar-refractivity contribution is -0.152. The van der Waals surface area contributed by atoms with Gasteiger partial charge in [0.2, 0.25) is 100 Å². The molecule has 14 atom stereocenters. The van der Waals surface area contributed by atoms with E-state index in [0.29, 0.717) is 63.5 Å². The lowest BCUT2D eigenvalue weighted by atomic mass is 9.98. The maximum absolute atomic E-state index is 15.7. The number of fused-ring (bicyclic) bond motifs is 3. The number of aromatic amines is 1. The molecule has 0 bridgehead atoms. The van der Waals surface area contributed by atoms with Crippen molar-refractivity contribution in [3.05, 3.63) is 173 Å². The van der Waals surface area contributed by atoms with Gasteiger partial charge in [0.25, 0.3) is 0 Å². The van der Waals surface area contributed by atoms with Crippen LogP contribution in [0.3, 0.4) is 0 Å². The fraction of sp³-hybridized carbons (Fsp3) is 0.473. The maximum atomic E-state index is 15.7. The van der Waals surface area contributed by atoms with Crippen molar-refractivity contribution >= 4 is 123 Å². The summed E-state index contributed by atoms with van der Waals surface area (Å²) in [6, 6.07) is 8.30. The molecule has 5 aromatic carbocycles. The van der Waals surface area contributed by atoms with E-state index in [1.54, 1.807) is 98.0 Å². The Hall–Kier alpha value is -13.6. The number of para-hydroxylation sites is 1. The first-order chi connectivity index (χ1) is 64.7. The quantitative estimate of drug-likeness (QED) is 0.0284. The largest absolute Gasteiger partial charge is 0.508 e. The van der Waals surface area contributed by atoms with Gasteiger partial charge in [0.15, 0.2) is 17.5 Å². The molecular formula is C93H120F3N19O20S. The maximum Gasteiger partial charge on any atom is 0.246 e. The summed E-state index contributed by atoms with van der Waals surface area (Å²) in [6.45, 7) is 2.31. The van der Waals surface area contributed by atoms with Crippen LogP contribution in [0.2, 0.25) is 0 Å². The Morgan fingerprint density at radius 3 is 1.74 bits per heavy atom. The number of carbonyl (C=O) groups is 17. The molecule has 3 aliphatic heterocycles. The van der Waals surface area contributed by atoms with Crippen LogP contribution >= 0.6 is 11.8 Å². The number of morpholine rings is 1. The molecule has 4 heterocycles. The number of unbranched alkanes of at least 4 members (excludes halogenated alkanes) is 1. The zero-order valence-electron chi connectivity index (χ0n) is 76.4.